The van der Waals surface area contributed by atoms with Crippen LogP contribution in [0.2, 0.25) is 5.02 Å². The Kier molecular flexibility index (Phi) is 6.80. The maximum absolute atomic E-state index is 11.5. The molecule has 0 saturated heterocycles. The number of allylic oxidation sites excluding steroid dienone is 4. The average Bonchev–Trinajstić information content (AvgIpc) is 3.87. The Bertz CT molecular complexity index is 1740. The SMILES string of the molecule is Cn1nc(C(=O)O)c2c1=CC(C1CC1c1ccc(OCc3c(C4C(Cl)=CC=CC4Cl)noc3C3CC3)cc1Cl)CC=2. The van der Waals surface area contributed by atoms with Gasteiger partial charge in [0.15, 0.2) is 5.69 Å². The fraction of sp³-hybridized carbons (Fsp3) is 0.387. The highest BCUT2D eigenvalue weighted by molar-refractivity contribution is 6.32. The second-order valence-electron chi connectivity index (χ2n) is 11.4. The van der Waals surface area contributed by atoms with Crippen molar-refractivity contribution in [3.05, 3.63) is 85.3 Å². The number of carbonyl (C=O) groups is 1. The molecule has 0 amide bonds. The first-order chi connectivity index (χ1) is 19.8. The van der Waals surface area contributed by atoms with Crippen LogP contribution in [0.5, 0.6) is 5.75 Å². The van der Waals surface area contributed by atoms with E-state index in [-0.39, 0.29) is 17.0 Å². The molecule has 1 N–H and O–H groups in total. The summed E-state index contributed by atoms with van der Waals surface area (Å²) in [5.74, 6) is 1.72. The fourth-order valence-corrected chi connectivity index (χ4v) is 7.35. The molecule has 1 aromatic carbocycles. The lowest BCUT2D eigenvalue weighted by Crippen LogP contribution is -2.34. The number of aromatic carboxylic acids is 1. The van der Waals surface area contributed by atoms with Crippen molar-refractivity contribution >= 4 is 52.9 Å². The van der Waals surface area contributed by atoms with Gasteiger partial charge < -0.3 is 14.4 Å². The van der Waals surface area contributed by atoms with E-state index in [1.165, 1.54) is 0 Å². The van der Waals surface area contributed by atoms with Gasteiger partial charge in [0, 0.05) is 28.2 Å². The standard InChI is InChI=1S/C31H28Cl3N3O4/c1-37-26-11-16(7-9-19(26)29(35-37)31(38)39)20-13-21(20)18-10-8-17(12-25(18)34)40-14-22-28(36-41-30(22)15-5-6-15)27-23(32)3-2-4-24(27)33/h2-4,8-12,15-16,20-21,23,27H,5-7,13-14H2,1H3,(H,38,39). The molecule has 2 saturated carbocycles. The molecule has 3 aromatic rings. The zero-order valence-corrected chi connectivity index (χ0v) is 24.5. The molecule has 4 aliphatic carbocycles. The average molecular weight is 613 g/mol. The van der Waals surface area contributed by atoms with Crippen LogP contribution < -0.4 is 15.3 Å². The summed E-state index contributed by atoms with van der Waals surface area (Å²) >= 11 is 20.0. The smallest absolute Gasteiger partial charge is 0.357 e. The number of carboxylic acids is 1. The third kappa shape index (κ3) is 4.92. The number of rotatable bonds is 8. The zero-order valence-electron chi connectivity index (χ0n) is 22.3. The summed E-state index contributed by atoms with van der Waals surface area (Å²) in [5.41, 5.74) is 2.87. The molecule has 4 aliphatic rings. The van der Waals surface area contributed by atoms with Gasteiger partial charge in [-0.25, -0.2) is 4.79 Å². The number of alkyl halides is 1. The quantitative estimate of drug-likeness (QED) is 0.315. The molecule has 7 rings (SSSR count). The van der Waals surface area contributed by atoms with Crippen molar-refractivity contribution in [1.29, 1.82) is 0 Å². The van der Waals surface area contributed by atoms with E-state index < -0.39 is 5.97 Å². The lowest BCUT2D eigenvalue weighted by Gasteiger charge is -2.21. The van der Waals surface area contributed by atoms with Crippen LogP contribution in [-0.4, -0.2) is 31.4 Å². The van der Waals surface area contributed by atoms with E-state index >= 15 is 0 Å². The van der Waals surface area contributed by atoms with E-state index in [4.69, 9.17) is 44.1 Å². The number of nitrogens with zero attached hydrogens (tertiary/aromatic N) is 3. The largest absolute Gasteiger partial charge is 0.489 e. The molecule has 0 aliphatic heterocycles. The van der Waals surface area contributed by atoms with Crippen LogP contribution in [0.4, 0.5) is 0 Å². The van der Waals surface area contributed by atoms with Gasteiger partial charge >= 0.3 is 5.97 Å². The van der Waals surface area contributed by atoms with Crippen molar-refractivity contribution < 1.29 is 19.2 Å². The van der Waals surface area contributed by atoms with E-state index in [9.17, 15) is 9.90 Å². The Labute approximate surface area is 251 Å². The number of halogens is 3. The minimum atomic E-state index is -0.998. The van der Waals surface area contributed by atoms with E-state index in [1.807, 2.05) is 36.4 Å². The predicted octanol–water partition coefficient (Wildman–Crippen LogP) is 5.98. The van der Waals surface area contributed by atoms with Crippen LogP contribution in [0.3, 0.4) is 0 Å². The summed E-state index contributed by atoms with van der Waals surface area (Å²) in [5, 5.41) is 20.6. The Morgan fingerprint density at radius 3 is 2.83 bits per heavy atom. The number of aromatic nitrogens is 3. The van der Waals surface area contributed by atoms with Crippen LogP contribution in [-0.2, 0) is 13.7 Å². The van der Waals surface area contributed by atoms with Gasteiger partial charge in [-0.05, 0) is 67.2 Å². The molecule has 5 unspecified atom stereocenters. The van der Waals surface area contributed by atoms with Gasteiger partial charge in [0.2, 0.25) is 0 Å². The number of aryl methyl sites for hydroxylation is 1. The summed E-state index contributed by atoms with van der Waals surface area (Å²) in [6.45, 7) is 0.290. The van der Waals surface area contributed by atoms with Gasteiger partial charge in [0.25, 0.3) is 0 Å². The topological polar surface area (TPSA) is 90.4 Å². The summed E-state index contributed by atoms with van der Waals surface area (Å²) in [6.07, 6.45) is 13.8. The summed E-state index contributed by atoms with van der Waals surface area (Å²) < 4.78 is 13.7. The number of ether oxygens (including phenoxy) is 1. The Morgan fingerprint density at radius 2 is 2.10 bits per heavy atom. The predicted molar refractivity (Wildman–Crippen MR) is 157 cm³/mol. The minimum absolute atomic E-state index is 0.114. The monoisotopic (exact) mass is 611 g/mol. The molecular formula is C31H28Cl3N3O4. The first-order valence-electron chi connectivity index (χ1n) is 13.9. The number of hydrogen-bond donors (Lipinski definition) is 1. The van der Waals surface area contributed by atoms with Crippen molar-refractivity contribution in [3.63, 3.8) is 0 Å². The van der Waals surface area contributed by atoms with Gasteiger partial charge in [-0.1, -0.05) is 58.7 Å². The van der Waals surface area contributed by atoms with E-state index in [0.29, 0.717) is 51.3 Å². The second-order valence-corrected chi connectivity index (χ2v) is 12.7. The molecule has 212 valence electrons. The number of fused-ring (bicyclic) bond motifs is 1. The molecule has 10 heteroatoms. The molecule has 0 spiro atoms. The highest BCUT2D eigenvalue weighted by atomic mass is 35.5. The summed E-state index contributed by atoms with van der Waals surface area (Å²) in [7, 11) is 1.79. The van der Waals surface area contributed by atoms with E-state index in [2.05, 4.69) is 22.4 Å². The van der Waals surface area contributed by atoms with Crippen molar-refractivity contribution in [2.75, 3.05) is 0 Å². The van der Waals surface area contributed by atoms with E-state index in [1.54, 1.807) is 11.7 Å². The molecule has 0 bridgehead atoms. The van der Waals surface area contributed by atoms with Crippen molar-refractivity contribution in [2.45, 2.75) is 55.4 Å². The lowest BCUT2D eigenvalue weighted by atomic mass is 9.92. The van der Waals surface area contributed by atoms with Gasteiger partial charge in [-0.15, -0.1) is 11.6 Å². The van der Waals surface area contributed by atoms with E-state index in [0.717, 1.165) is 53.6 Å². The van der Waals surface area contributed by atoms with Gasteiger partial charge in [-0.2, -0.15) is 5.10 Å². The molecule has 2 aromatic heterocycles. The number of hydrogen-bond acceptors (Lipinski definition) is 5. The van der Waals surface area contributed by atoms with Gasteiger partial charge in [-0.3, -0.25) is 4.68 Å². The molecule has 2 heterocycles. The van der Waals surface area contributed by atoms with Crippen LogP contribution in [0, 0.1) is 11.8 Å². The Hall–Kier alpha value is -3.00. The van der Waals surface area contributed by atoms with Crippen molar-refractivity contribution in [2.24, 2.45) is 18.9 Å². The maximum Gasteiger partial charge on any atom is 0.357 e. The highest BCUT2D eigenvalue weighted by Crippen LogP contribution is 2.55. The third-order valence-corrected chi connectivity index (χ3v) is 9.79. The van der Waals surface area contributed by atoms with Crippen LogP contribution in [0.1, 0.15) is 76.5 Å². The zero-order chi connectivity index (χ0) is 28.4. The number of carboxylic acid groups (broad SMARTS) is 1. The van der Waals surface area contributed by atoms with Gasteiger partial charge in [0.05, 0.1) is 22.2 Å². The second kappa shape index (κ2) is 10.4. The maximum atomic E-state index is 11.5. The number of benzene rings is 1. The van der Waals surface area contributed by atoms with Crippen LogP contribution in [0.15, 0.2) is 46.0 Å². The first kappa shape index (κ1) is 26.9. The Balaban J connectivity index is 1.07. The molecule has 41 heavy (non-hydrogen) atoms. The minimum Gasteiger partial charge on any atom is -0.489 e. The van der Waals surface area contributed by atoms with Crippen molar-refractivity contribution in [1.82, 2.24) is 14.9 Å². The molecule has 7 nitrogen and oxygen atoms in total. The van der Waals surface area contributed by atoms with Crippen LogP contribution in [0.25, 0.3) is 12.2 Å². The van der Waals surface area contributed by atoms with Gasteiger partial charge in [0.1, 0.15) is 23.8 Å². The third-order valence-electron chi connectivity index (χ3n) is 8.70. The first-order valence-corrected chi connectivity index (χ1v) is 15.1. The molecule has 2 fully saturated rings. The fourth-order valence-electron chi connectivity index (χ4n) is 6.33. The molecular weight excluding hydrogens is 585 g/mol. The van der Waals surface area contributed by atoms with Crippen LogP contribution >= 0.6 is 34.8 Å². The normalized spacial score (nSPS) is 26.5. The highest BCUT2D eigenvalue weighted by Gasteiger charge is 2.44. The molecule has 5 atom stereocenters. The van der Waals surface area contributed by atoms with Crippen molar-refractivity contribution in [3.8, 4) is 5.75 Å². The summed E-state index contributed by atoms with van der Waals surface area (Å²) in [4.78, 5) is 11.5. The summed E-state index contributed by atoms with van der Waals surface area (Å²) in [6, 6.07) is 5.91. The lowest BCUT2D eigenvalue weighted by molar-refractivity contribution is 0.0688. The Morgan fingerprint density at radius 1 is 1.27 bits per heavy atom. The molecule has 0 radical (unpaired) electrons.